The number of aromatic nitrogens is 1. The van der Waals surface area contributed by atoms with E-state index in [1.807, 2.05) is 30.3 Å². The average molecular weight is 525 g/mol. The van der Waals surface area contributed by atoms with Crippen molar-refractivity contribution in [2.75, 3.05) is 18.6 Å². The third-order valence-electron chi connectivity index (χ3n) is 7.74. The average Bonchev–Trinajstić information content (AvgIpc) is 3.36. The van der Waals surface area contributed by atoms with E-state index in [0.29, 0.717) is 19.4 Å². The Hall–Kier alpha value is -4.10. The molecule has 2 heterocycles. The van der Waals surface area contributed by atoms with E-state index in [4.69, 9.17) is 10.5 Å². The first kappa shape index (κ1) is 26.5. The van der Waals surface area contributed by atoms with E-state index in [9.17, 15) is 9.59 Å². The molecule has 0 saturated heterocycles. The fourth-order valence-electron chi connectivity index (χ4n) is 5.73. The predicted molar refractivity (Wildman–Crippen MR) is 155 cm³/mol. The molecule has 202 valence electrons. The van der Waals surface area contributed by atoms with Crippen molar-refractivity contribution in [3.8, 4) is 11.1 Å². The highest BCUT2D eigenvalue weighted by Gasteiger charge is 2.39. The van der Waals surface area contributed by atoms with Gasteiger partial charge in [-0.25, -0.2) is 4.79 Å². The highest BCUT2D eigenvalue weighted by atomic mass is 16.5. The summed E-state index contributed by atoms with van der Waals surface area (Å²) in [5.41, 5.74) is 12.2. The molecule has 0 saturated carbocycles. The molecule has 7 heteroatoms. The van der Waals surface area contributed by atoms with Crippen molar-refractivity contribution in [1.29, 1.82) is 0 Å². The Morgan fingerprint density at radius 3 is 2.41 bits per heavy atom. The Labute approximate surface area is 229 Å². The van der Waals surface area contributed by atoms with Crippen molar-refractivity contribution in [1.82, 2.24) is 10.3 Å². The molecule has 0 aliphatic carbocycles. The van der Waals surface area contributed by atoms with E-state index < -0.39 is 18.1 Å². The van der Waals surface area contributed by atoms with Crippen LogP contribution in [-0.2, 0) is 20.7 Å². The topological polar surface area (TPSA) is 100 Å². The number of carbonyl (C=O) groups excluding carboxylic acids is 2. The van der Waals surface area contributed by atoms with Crippen molar-refractivity contribution in [2.24, 2.45) is 5.73 Å². The number of benzene rings is 3. The Balaban J connectivity index is 1.50. The van der Waals surface area contributed by atoms with E-state index in [1.54, 1.807) is 0 Å². The number of ether oxygens (including phenoxy) is 1. The summed E-state index contributed by atoms with van der Waals surface area (Å²) in [5, 5.41) is 4.15. The largest absolute Gasteiger partial charge is 0.467 e. The molecule has 3 unspecified atom stereocenters. The number of aromatic amines is 1. The van der Waals surface area contributed by atoms with E-state index >= 15 is 0 Å². The smallest absolute Gasteiger partial charge is 0.328 e. The van der Waals surface area contributed by atoms with Crippen LogP contribution in [0.4, 0.5) is 5.69 Å². The van der Waals surface area contributed by atoms with E-state index in [-0.39, 0.29) is 11.9 Å². The van der Waals surface area contributed by atoms with Crippen LogP contribution in [-0.4, -0.2) is 42.6 Å². The molecule has 0 radical (unpaired) electrons. The van der Waals surface area contributed by atoms with Crippen LogP contribution in [0.15, 0.2) is 78.9 Å². The molecule has 5 rings (SSSR count). The Kier molecular flexibility index (Phi) is 7.98. The van der Waals surface area contributed by atoms with Crippen molar-refractivity contribution in [3.63, 3.8) is 0 Å². The van der Waals surface area contributed by atoms with Crippen LogP contribution < -0.4 is 16.0 Å². The number of fused-ring (bicyclic) bond motifs is 3. The number of methoxy groups -OCH3 is 1. The number of hydrogen-bond acceptors (Lipinski definition) is 5. The molecule has 1 aliphatic heterocycles. The number of amides is 1. The lowest BCUT2D eigenvalue weighted by Crippen LogP contribution is -2.55. The lowest BCUT2D eigenvalue weighted by molar-refractivity contribution is -0.145. The normalized spacial score (nSPS) is 17.5. The second-order valence-corrected chi connectivity index (χ2v) is 10.1. The number of hydrogen-bond donors (Lipinski definition) is 3. The summed E-state index contributed by atoms with van der Waals surface area (Å²) in [6.07, 6.45) is 2.52. The van der Waals surface area contributed by atoms with Crippen LogP contribution >= 0.6 is 0 Å². The van der Waals surface area contributed by atoms with Gasteiger partial charge >= 0.3 is 5.97 Å². The lowest BCUT2D eigenvalue weighted by atomic mass is 9.90. The maximum Gasteiger partial charge on any atom is 0.328 e. The molecular weight excluding hydrogens is 488 g/mol. The third kappa shape index (κ3) is 5.40. The number of nitrogens with one attached hydrogen (secondary N) is 2. The Morgan fingerprint density at radius 1 is 1.00 bits per heavy atom. The molecule has 3 atom stereocenters. The van der Waals surface area contributed by atoms with Crippen LogP contribution in [0.1, 0.15) is 43.5 Å². The number of anilines is 1. The van der Waals surface area contributed by atoms with Gasteiger partial charge in [0.1, 0.15) is 12.1 Å². The summed E-state index contributed by atoms with van der Waals surface area (Å²) in [4.78, 5) is 32.3. The summed E-state index contributed by atoms with van der Waals surface area (Å²) >= 11 is 0. The second kappa shape index (κ2) is 11.7. The summed E-state index contributed by atoms with van der Waals surface area (Å²) in [5.74, 6) is -0.621. The van der Waals surface area contributed by atoms with Crippen LogP contribution in [0, 0.1) is 0 Å². The van der Waals surface area contributed by atoms with Gasteiger partial charge in [0.25, 0.3) is 0 Å². The fourth-order valence-corrected chi connectivity index (χ4v) is 5.73. The number of esters is 1. The molecule has 39 heavy (non-hydrogen) atoms. The maximum absolute atomic E-state index is 14.0. The van der Waals surface area contributed by atoms with Crippen LogP contribution in [0.5, 0.6) is 0 Å². The number of rotatable bonds is 9. The molecule has 0 fully saturated rings. The number of nitrogens with two attached hydrogens (primary N) is 1. The van der Waals surface area contributed by atoms with Crippen LogP contribution in [0.25, 0.3) is 22.0 Å². The molecule has 3 aromatic carbocycles. The molecule has 1 amide bonds. The highest BCUT2D eigenvalue weighted by molar-refractivity contribution is 5.93. The number of H-pyrrole nitrogens is 1. The molecule has 7 nitrogen and oxygen atoms in total. The summed E-state index contributed by atoms with van der Waals surface area (Å²) in [7, 11) is 1.35. The summed E-state index contributed by atoms with van der Waals surface area (Å²) < 4.78 is 5.02. The van der Waals surface area contributed by atoms with Gasteiger partial charge in [-0.2, -0.15) is 0 Å². The standard InChI is InChI=1S/C32H36N4O3/c1-21-30-26(25-12-6-7-13-27(25)34-30)20-29(31(37)35-28(32(38)39-2)14-8-9-19-33)36(21)24-17-15-23(16-18-24)22-10-4-3-5-11-22/h3-7,10-13,15-18,21,28-29,34H,8-9,14,19-20,33H2,1-2H3,(H,35,37). The number of unbranched alkanes of at least 4 members (excludes halogenated alkanes) is 1. The predicted octanol–water partition coefficient (Wildman–Crippen LogP) is 5.11. The lowest BCUT2D eigenvalue weighted by Gasteiger charge is -2.42. The van der Waals surface area contributed by atoms with E-state index in [2.05, 4.69) is 70.7 Å². The van der Waals surface area contributed by atoms with Crippen molar-refractivity contribution in [3.05, 3.63) is 90.1 Å². The van der Waals surface area contributed by atoms with Gasteiger partial charge in [-0.1, -0.05) is 60.7 Å². The molecule has 1 aliphatic rings. The zero-order valence-electron chi connectivity index (χ0n) is 22.5. The van der Waals surface area contributed by atoms with Gasteiger partial charge in [-0.3, -0.25) is 4.79 Å². The number of para-hydroxylation sites is 1. The zero-order valence-corrected chi connectivity index (χ0v) is 22.5. The van der Waals surface area contributed by atoms with E-state index in [0.717, 1.165) is 51.8 Å². The highest BCUT2D eigenvalue weighted by Crippen LogP contribution is 2.40. The van der Waals surface area contributed by atoms with Gasteiger partial charge in [-0.05, 0) is 67.6 Å². The van der Waals surface area contributed by atoms with Crippen molar-refractivity contribution in [2.45, 2.75) is 50.7 Å². The fraction of sp³-hybridized carbons (Fsp3) is 0.312. The van der Waals surface area contributed by atoms with Gasteiger partial charge < -0.3 is 25.7 Å². The third-order valence-corrected chi connectivity index (χ3v) is 7.74. The molecule has 0 bridgehead atoms. The molecule has 1 aromatic heterocycles. The van der Waals surface area contributed by atoms with Gasteiger partial charge in [0.2, 0.25) is 5.91 Å². The van der Waals surface area contributed by atoms with Gasteiger partial charge in [0.05, 0.1) is 13.2 Å². The first-order chi connectivity index (χ1) is 19.0. The number of nitrogens with zero attached hydrogens (tertiary/aromatic N) is 1. The monoisotopic (exact) mass is 524 g/mol. The molecule has 4 N–H and O–H groups in total. The zero-order chi connectivity index (χ0) is 27.4. The van der Waals surface area contributed by atoms with Gasteiger partial charge in [0.15, 0.2) is 0 Å². The van der Waals surface area contributed by atoms with Gasteiger partial charge in [-0.15, -0.1) is 0 Å². The first-order valence-corrected chi connectivity index (χ1v) is 13.6. The minimum Gasteiger partial charge on any atom is -0.467 e. The maximum atomic E-state index is 14.0. The number of carbonyl (C=O) groups is 2. The molecular formula is C32H36N4O3. The van der Waals surface area contributed by atoms with Crippen LogP contribution in [0.2, 0.25) is 0 Å². The minimum absolute atomic E-state index is 0.0895. The SMILES string of the molecule is COC(=O)C(CCCCN)NC(=O)C1Cc2c([nH]c3ccccc23)C(C)N1c1ccc(-c2ccccc2)cc1. The Bertz CT molecular complexity index is 1430. The van der Waals surface area contributed by atoms with Crippen molar-refractivity contribution >= 4 is 28.5 Å². The summed E-state index contributed by atoms with van der Waals surface area (Å²) in [6.45, 7) is 2.66. The second-order valence-electron chi connectivity index (χ2n) is 10.1. The molecule has 4 aromatic rings. The summed E-state index contributed by atoms with van der Waals surface area (Å²) in [6, 6.07) is 25.5. The van der Waals surface area contributed by atoms with Crippen molar-refractivity contribution < 1.29 is 14.3 Å². The quantitative estimate of drug-likeness (QED) is 0.209. The minimum atomic E-state index is -0.712. The molecule has 0 spiro atoms. The van der Waals surface area contributed by atoms with Gasteiger partial charge in [0, 0.05) is 28.7 Å². The first-order valence-electron chi connectivity index (χ1n) is 13.6. The van der Waals surface area contributed by atoms with E-state index in [1.165, 1.54) is 7.11 Å². The Morgan fingerprint density at radius 2 is 1.69 bits per heavy atom. The van der Waals surface area contributed by atoms with Crippen LogP contribution in [0.3, 0.4) is 0 Å².